The van der Waals surface area contributed by atoms with Crippen molar-refractivity contribution in [3.8, 4) is 0 Å². The van der Waals surface area contributed by atoms with Gasteiger partial charge in [0.05, 0.1) is 13.0 Å². The van der Waals surface area contributed by atoms with Crippen LogP contribution < -0.4 is 0 Å². The summed E-state index contributed by atoms with van der Waals surface area (Å²) in [6.45, 7) is 3.41. The summed E-state index contributed by atoms with van der Waals surface area (Å²) < 4.78 is 20.1. The van der Waals surface area contributed by atoms with Crippen molar-refractivity contribution in [2.75, 3.05) is 7.11 Å². The van der Waals surface area contributed by atoms with Gasteiger partial charge in [0.25, 0.3) is 0 Å². The van der Waals surface area contributed by atoms with Gasteiger partial charge in [-0.2, -0.15) is 0 Å². The highest BCUT2D eigenvalue weighted by atomic mass is 16.5. The molecule has 0 aliphatic rings. The Kier molecular flexibility index (Phi) is 2.91. The first-order chi connectivity index (χ1) is 7.53. The summed E-state index contributed by atoms with van der Waals surface area (Å²) in [5.41, 5.74) is 0.583. The van der Waals surface area contributed by atoms with Gasteiger partial charge in [-0.1, -0.05) is 36.4 Å². The zero-order valence-electron chi connectivity index (χ0n) is 10.1. The number of carbonyl (C=O) groups excluding carboxylic acids is 1. The largest absolute Gasteiger partial charge is 0.469 e. The van der Waals surface area contributed by atoms with Crippen LogP contribution in [-0.2, 0) is 9.53 Å². The van der Waals surface area contributed by atoms with Gasteiger partial charge in [-0.15, -0.1) is 6.58 Å². The Hall–Kier alpha value is -1.57. The number of esters is 1. The second kappa shape index (κ2) is 5.22. The van der Waals surface area contributed by atoms with Gasteiger partial charge in [-0.05, 0) is 11.9 Å². The highest BCUT2D eigenvalue weighted by Gasteiger charge is 2.18. The van der Waals surface area contributed by atoms with E-state index in [1.807, 2.05) is 0 Å². The summed E-state index contributed by atoms with van der Waals surface area (Å²) >= 11 is 0. The number of methoxy groups -OCH3 is 1. The summed E-state index contributed by atoms with van der Waals surface area (Å²) in [6.07, 6.45) is -0.698. The topological polar surface area (TPSA) is 26.3 Å². The minimum Gasteiger partial charge on any atom is -0.469 e. The SMILES string of the molecule is [2H]C([2H])(C=C)C(C(=O)OC)c1ccccc1. The van der Waals surface area contributed by atoms with Crippen molar-refractivity contribution < 1.29 is 12.3 Å². The Morgan fingerprint density at radius 2 is 2.29 bits per heavy atom. The molecule has 2 heteroatoms. The number of rotatable bonds is 4. The van der Waals surface area contributed by atoms with Crippen LogP contribution in [0.3, 0.4) is 0 Å². The van der Waals surface area contributed by atoms with Crippen molar-refractivity contribution in [1.29, 1.82) is 0 Å². The van der Waals surface area contributed by atoms with Gasteiger partial charge in [-0.3, -0.25) is 4.79 Å². The number of hydrogen-bond donors (Lipinski definition) is 0. The average molecular weight is 192 g/mol. The molecule has 0 aromatic heterocycles. The van der Waals surface area contributed by atoms with Gasteiger partial charge in [-0.25, -0.2) is 0 Å². The highest BCUT2D eigenvalue weighted by molar-refractivity contribution is 5.78. The molecule has 1 aromatic rings. The van der Waals surface area contributed by atoms with Crippen LogP contribution in [0, 0.1) is 0 Å². The molecule has 1 aromatic carbocycles. The first-order valence-corrected chi connectivity index (χ1v) is 4.29. The van der Waals surface area contributed by atoms with Crippen LogP contribution in [0.5, 0.6) is 0 Å². The molecule has 0 heterocycles. The number of benzene rings is 1. The summed E-state index contributed by atoms with van der Waals surface area (Å²) in [5.74, 6) is -1.58. The zero-order valence-corrected chi connectivity index (χ0v) is 8.07. The molecular weight excluding hydrogens is 176 g/mol. The van der Waals surface area contributed by atoms with E-state index in [4.69, 9.17) is 2.74 Å². The molecule has 0 saturated heterocycles. The van der Waals surface area contributed by atoms with Gasteiger partial charge < -0.3 is 4.74 Å². The van der Waals surface area contributed by atoms with E-state index in [9.17, 15) is 4.79 Å². The Balaban J connectivity index is 3.16. The number of allylic oxidation sites excluding steroid dienone is 1. The predicted molar refractivity (Wildman–Crippen MR) is 56.0 cm³/mol. The van der Waals surface area contributed by atoms with Gasteiger partial charge in [0.1, 0.15) is 0 Å². The van der Waals surface area contributed by atoms with Gasteiger partial charge in [0.2, 0.25) is 0 Å². The molecule has 0 fully saturated rings. The lowest BCUT2D eigenvalue weighted by molar-refractivity contribution is -0.142. The van der Waals surface area contributed by atoms with Crippen LogP contribution in [-0.4, -0.2) is 13.1 Å². The number of carbonyl (C=O) groups is 1. The van der Waals surface area contributed by atoms with Crippen LogP contribution in [0.4, 0.5) is 0 Å². The molecule has 1 unspecified atom stereocenters. The van der Waals surface area contributed by atoms with Crippen molar-refractivity contribution in [1.82, 2.24) is 0 Å². The number of hydrogen-bond acceptors (Lipinski definition) is 2. The van der Waals surface area contributed by atoms with Crippen molar-refractivity contribution in [3.05, 3.63) is 48.6 Å². The molecule has 0 N–H and O–H groups in total. The van der Waals surface area contributed by atoms with E-state index in [0.717, 1.165) is 6.08 Å². The highest BCUT2D eigenvalue weighted by Crippen LogP contribution is 2.20. The van der Waals surface area contributed by atoms with E-state index in [1.54, 1.807) is 30.3 Å². The van der Waals surface area contributed by atoms with E-state index >= 15 is 0 Å². The molecule has 2 nitrogen and oxygen atoms in total. The third-order valence-electron chi connectivity index (χ3n) is 1.85. The molecule has 14 heavy (non-hydrogen) atoms. The van der Waals surface area contributed by atoms with E-state index < -0.39 is 18.3 Å². The molecule has 0 radical (unpaired) electrons. The normalized spacial score (nSPS) is 14.9. The summed E-state index contributed by atoms with van der Waals surface area (Å²) in [7, 11) is 1.25. The fraction of sp³-hybridized carbons (Fsp3) is 0.250. The lowest BCUT2D eigenvalue weighted by Gasteiger charge is -2.12. The minimum atomic E-state index is -1.82. The van der Waals surface area contributed by atoms with Crippen LogP contribution in [0.1, 0.15) is 20.6 Å². The van der Waals surface area contributed by atoms with E-state index in [0.29, 0.717) is 5.56 Å². The molecule has 1 rings (SSSR count). The van der Waals surface area contributed by atoms with Crippen molar-refractivity contribution >= 4 is 5.97 Å². The lowest BCUT2D eigenvalue weighted by atomic mass is 9.96. The molecule has 0 aliphatic carbocycles. The average Bonchev–Trinajstić information content (AvgIpc) is 2.30. The first kappa shape index (κ1) is 7.80. The molecular formula is C12H14O2. The standard InChI is InChI=1S/C12H14O2/c1-3-7-11(12(13)14-2)10-8-5-4-6-9-10/h3-6,8-9,11H,1,7H2,2H3/i7D2. The molecule has 1 atom stereocenters. The maximum Gasteiger partial charge on any atom is 0.313 e. The van der Waals surface area contributed by atoms with Crippen LogP contribution in [0.15, 0.2) is 43.0 Å². The van der Waals surface area contributed by atoms with E-state index in [-0.39, 0.29) is 0 Å². The van der Waals surface area contributed by atoms with Crippen LogP contribution in [0.2, 0.25) is 0 Å². The fourth-order valence-electron chi connectivity index (χ4n) is 1.18. The number of ether oxygens (including phenoxy) is 1. The Morgan fingerprint density at radius 1 is 1.64 bits per heavy atom. The molecule has 0 amide bonds. The summed E-state index contributed by atoms with van der Waals surface area (Å²) in [6, 6.07) is 8.71. The minimum absolute atomic E-state index is 0.583. The van der Waals surface area contributed by atoms with Crippen molar-refractivity contribution in [3.63, 3.8) is 0 Å². The summed E-state index contributed by atoms with van der Waals surface area (Å²) in [4.78, 5) is 11.6. The molecule has 0 spiro atoms. The second-order valence-corrected chi connectivity index (χ2v) is 2.74. The maximum atomic E-state index is 11.6. The summed E-state index contributed by atoms with van der Waals surface area (Å²) in [5, 5.41) is 0. The second-order valence-electron chi connectivity index (χ2n) is 2.74. The van der Waals surface area contributed by atoms with Crippen molar-refractivity contribution in [2.24, 2.45) is 0 Å². The Morgan fingerprint density at radius 3 is 2.79 bits per heavy atom. The lowest BCUT2D eigenvalue weighted by Crippen LogP contribution is -2.13. The van der Waals surface area contributed by atoms with E-state index in [1.165, 1.54) is 7.11 Å². The maximum absolute atomic E-state index is 11.6. The molecule has 0 bridgehead atoms. The predicted octanol–water partition coefficient (Wildman–Crippen LogP) is 2.52. The Labute approximate surface area is 87.0 Å². The molecule has 0 aliphatic heterocycles. The van der Waals surface area contributed by atoms with Gasteiger partial charge in [0.15, 0.2) is 0 Å². The molecule has 74 valence electrons. The smallest absolute Gasteiger partial charge is 0.313 e. The van der Waals surface area contributed by atoms with Crippen molar-refractivity contribution in [2.45, 2.75) is 12.3 Å². The van der Waals surface area contributed by atoms with Gasteiger partial charge in [0, 0.05) is 2.74 Å². The quantitative estimate of drug-likeness (QED) is 0.541. The van der Waals surface area contributed by atoms with Crippen LogP contribution in [0.25, 0.3) is 0 Å². The third-order valence-corrected chi connectivity index (χ3v) is 1.85. The Bertz CT molecular complexity index is 374. The van der Waals surface area contributed by atoms with Gasteiger partial charge >= 0.3 is 5.97 Å². The zero-order chi connectivity index (χ0) is 12.2. The molecule has 0 saturated carbocycles. The van der Waals surface area contributed by atoms with Crippen LogP contribution >= 0.6 is 0 Å². The fourth-order valence-corrected chi connectivity index (χ4v) is 1.18. The third kappa shape index (κ3) is 2.46. The first-order valence-electron chi connectivity index (χ1n) is 5.29. The monoisotopic (exact) mass is 192 g/mol. The van der Waals surface area contributed by atoms with E-state index in [2.05, 4.69) is 11.3 Å².